The lowest BCUT2D eigenvalue weighted by molar-refractivity contribution is -0.119. The molecule has 28 heavy (non-hydrogen) atoms. The van der Waals surface area contributed by atoms with Crippen LogP contribution in [0.1, 0.15) is 32.4 Å². The van der Waals surface area contributed by atoms with Crippen LogP contribution in [-0.4, -0.2) is 21.2 Å². The smallest absolute Gasteiger partial charge is 0.262 e. The molecule has 0 aliphatic heterocycles. The Morgan fingerprint density at radius 2 is 1.75 bits per heavy atom. The molecule has 1 amide bonds. The van der Waals surface area contributed by atoms with Gasteiger partial charge in [0.2, 0.25) is 5.91 Å². The van der Waals surface area contributed by atoms with Crippen molar-refractivity contribution in [1.82, 2.24) is 14.9 Å². The fourth-order valence-electron chi connectivity index (χ4n) is 3.02. The van der Waals surface area contributed by atoms with Gasteiger partial charge >= 0.3 is 0 Å². The molecule has 1 atom stereocenters. The first-order valence-electron chi connectivity index (χ1n) is 9.42. The average Bonchev–Trinajstić information content (AvgIpc) is 2.69. The van der Waals surface area contributed by atoms with Gasteiger partial charge in [0, 0.05) is 6.54 Å². The van der Waals surface area contributed by atoms with Crippen LogP contribution in [0.3, 0.4) is 0 Å². The molecule has 0 bridgehead atoms. The average molecular weight is 396 g/mol. The number of nitrogens with zero attached hydrogens (tertiary/aromatic N) is 2. The third kappa shape index (κ3) is 4.81. The minimum atomic E-state index is -0.0835. The monoisotopic (exact) mass is 395 g/mol. The van der Waals surface area contributed by atoms with Crippen molar-refractivity contribution in [1.29, 1.82) is 0 Å². The highest BCUT2D eigenvalue weighted by atomic mass is 32.2. The van der Waals surface area contributed by atoms with Crippen LogP contribution in [0.15, 0.2) is 64.5 Å². The maximum atomic E-state index is 12.9. The van der Waals surface area contributed by atoms with E-state index < -0.39 is 0 Å². The molecule has 2 aromatic carbocycles. The molecule has 0 radical (unpaired) electrons. The second-order valence-corrected chi connectivity index (χ2v) is 8.15. The predicted molar refractivity (Wildman–Crippen MR) is 115 cm³/mol. The van der Waals surface area contributed by atoms with Crippen molar-refractivity contribution >= 4 is 28.6 Å². The number of hydrogen-bond donors (Lipinski definition) is 1. The summed E-state index contributed by atoms with van der Waals surface area (Å²) in [5.41, 5.74) is 1.66. The molecular formula is C22H25N3O2S. The summed E-state index contributed by atoms with van der Waals surface area (Å²) < 4.78 is 1.69. The molecule has 1 unspecified atom stereocenters. The molecule has 3 aromatic rings. The van der Waals surface area contributed by atoms with E-state index in [1.807, 2.05) is 55.5 Å². The molecule has 0 fully saturated rings. The second kappa shape index (κ2) is 9.06. The van der Waals surface area contributed by atoms with Crippen LogP contribution in [0.2, 0.25) is 0 Å². The standard InChI is InChI=1S/C22H25N3O2S/c1-15(2)13-25-21(27)18-11-7-8-12-19(18)24-22(25)28-14-20(26)23-16(3)17-9-5-4-6-10-17/h4-12,15-16H,13-14H2,1-3H3,(H,23,26). The van der Waals surface area contributed by atoms with Crippen molar-refractivity contribution in [2.24, 2.45) is 5.92 Å². The molecule has 1 aromatic heterocycles. The van der Waals surface area contributed by atoms with E-state index in [9.17, 15) is 9.59 Å². The fraction of sp³-hybridized carbons (Fsp3) is 0.318. The SMILES string of the molecule is CC(C)Cn1c(SCC(=O)NC(C)c2ccccc2)nc2ccccc2c1=O. The molecule has 3 rings (SSSR count). The third-order valence-electron chi connectivity index (χ3n) is 4.38. The number of fused-ring (bicyclic) bond motifs is 1. The summed E-state index contributed by atoms with van der Waals surface area (Å²) in [7, 11) is 0. The van der Waals surface area contributed by atoms with Crippen molar-refractivity contribution in [2.45, 2.75) is 38.5 Å². The predicted octanol–water partition coefficient (Wildman–Crippen LogP) is 4.02. The van der Waals surface area contributed by atoms with E-state index in [1.165, 1.54) is 11.8 Å². The van der Waals surface area contributed by atoms with Crippen LogP contribution in [0, 0.1) is 5.92 Å². The lowest BCUT2D eigenvalue weighted by atomic mass is 10.1. The number of para-hydroxylation sites is 1. The first-order valence-corrected chi connectivity index (χ1v) is 10.4. The maximum absolute atomic E-state index is 12.9. The van der Waals surface area contributed by atoms with Crippen molar-refractivity contribution in [3.05, 3.63) is 70.5 Å². The van der Waals surface area contributed by atoms with Gasteiger partial charge in [-0.25, -0.2) is 4.98 Å². The van der Waals surface area contributed by atoms with Gasteiger partial charge < -0.3 is 5.32 Å². The van der Waals surface area contributed by atoms with E-state index in [4.69, 9.17) is 0 Å². The second-order valence-electron chi connectivity index (χ2n) is 7.21. The number of amides is 1. The Bertz CT molecular complexity index is 1020. The summed E-state index contributed by atoms with van der Waals surface area (Å²) in [6.45, 7) is 6.65. The largest absolute Gasteiger partial charge is 0.349 e. The van der Waals surface area contributed by atoms with Gasteiger partial charge in [-0.3, -0.25) is 14.2 Å². The summed E-state index contributed by atoms with van der Waals surface area (Å²) in [5, 5.41) is 4.19. The normalized spacial score (nSPS) is 12.3. The van der Waals surface area contributed by atoms with Gasteiger partial charge in [0.05, 0.1) is 22.7 Å². The van der Waals surface area contributed by atoms with Crippen molar-refractivity contribution in [2.75, 3.05) is 5.75 Å². The Labute approximate surface area is 169 Å². The van der Waals surface area contributed by atoms with Crippen molar-refractivity contribution < 1.29 is 4.79 Å². The topological polar surface area (TPSA) is 64.0 Å². The summed E-state index contributed by atoms with van der Waals surface area (Å²) in [4.78, 5) is 30.0. The van der Waals surface area contributed by atoms with E-state index in [1.54, 1.807) is 10.6 Å². The number of carbonyl (C=O) groups is 1. The highest BCUT2D eigenvalue weighted by molar-refractivity contribution is 7.99. The number of hydrogen-bond acceptors (Lipinski definition) is 4. The van der Waals surface area contributed by atoms with E-state index in [0.717, 1.165) is 5.56 Å². The van der Waals surface area contributed by atoms with Gasteiger partial charge in [-0.2, -0.15) is 0 Å². The molecular weight excluding hydrogens is 370 g/mol. The Hall–Kier alpha value is -2.60. The van der Waals surface area contributed by atoms with Gasteiger partial charge in [-0.1, -0.05) is 68.1 Å². The van der Waals surface area contributed by atoms with Gasteiger partial charge in [-0.15, -0.1) is 0 Å². The van der Waals surface area contributed by atoms with Crippen LogP contribution in [0.25, 0.3) is 10.9 Å². The highest BCUT2D eigenvalue weighted by Crippen LogP contribution is 2.19. The molecule has 6 heteroatoms. The summed E-state index contributed by atoms with van der Waals surface area (Å²) >= 11 is 1.30. The minimum Gasteiger partial charge on any atom is -0.349 e. The van der Waals surface area contributed by atoms with E-state index in [0.29, 0.717) is 28.5 Å². The van der Waals surface area contributed by atoms with E-state index in [-0.39, 0.29) is 23.3 Å². The van der Waals surface area contributed by atoms with E-state index >= 15 is 0 Å². The zero-order valence-electron chi connectivity index (χ0n) is 16.4. The van der Waals surface area contributed by atoms with Crippen LogP contribution in [0.4, 0.5) is 0 Å². The maximum Gasteiger partial charge on any atom is 0.262 e. The highest BCUT2D eigenvalue weighted by Gasteiger charge is 2.15. The molecule has 0 saturated heterocycles. The van der Waals surface area contributed by atoms with Crippen molar-refractivity contribution in [3.8, 4) is 0 Å². The Balaban J connectivity index is 1.77. The Kier molecular flexibility index (Phi) is 6.52. The summed E-state index contributed by atoms with van der Waals surface area (Å²) in [6.07, 6.45) is 0. The molecule has 0 aliphatic carbocycles. The minimum absolute atomic E-state index is 0.0557. The molecule has 1 N–H and O–H groups in total. The molecule has 1 heterocycles. The first kappa shape index (κ1) is 20.1. The molecule has 5 nitrogen and oxygen atoms in total. The van der Waals surface area contributed by atoms with Gasteiger partial charge in [-0.05, 0) is 30.5 Å². The zero-order valence-corrected chi connectivity index (χ0v) is 17.2. The van der Waals surface area contributed by atoms with Gasteiger partial charge in [0.25, 0.3) is 5.56 Å². The lowest BCUT2D eigenvalue weighted by Crippen LogP contribution is -2.29. The molecule has 0 spiro atoms. The van der Waals surface area contributed by atoms with Gasteiger partial charge in [0.15, 0.2) is 5.16 Å². The van der Waals surface area contributed by atoms with Crippen LogP contribution in [-0.2, 0) is 11.3 Å². The third-order valence-corrected chi connectivity index (χ3v) is 5.36. The fourth-order valence-corrected chi connectivity index (χ4v) is 3.84. The Morgan fingerprint density at radius 3 is 2.46 bits per heavy atom. The van der Waals surface area contributed by atoms with Gasteiger partial charge in [0.1, 0.15) is 0 Å². The quantitative estimate of drug-likeness (QED) is 0.485. The molecule has 146 valence electrons. The van der Waals surface area contributed by atoms with Crippen LogP contribution < -0.4 is 10.9 Å². The summed E-state index contributed by atoms with van der Waals surface area (Å²) in [5.74, 6) is 0.423. The number of aromatic nitrogens is 2. The number of rotatable bonds is 7. The summed E-state index contributed by atoms with van der Waals surface area (Å²) in [6, 6.07) is 17.1. The molecule has 0 aliphatic rings. The number of benzene rings is 2. The lowest BCUT2D eigenvalue weighted by Gasteiger charge is -2.16. The first-order chi connectivity index (χ1) is 13.5. The number of nitrogens with one attached hydrogen (secondary N) is 1. The number of thioether (sulfide) groups is 1. The molecule has 0 saturated carbocycles. The van der Waals surface area contributed by atoms with Crippen LogP contribution in [0.5, 0.6) is 0 Å². The zero-order chi connectivity index (χ0) is 20.1. The van der Waals surface area contributed by atoms with Crippen LogP contribution >= 0.6 is 11.8 Å². The Morgan fingerprint density at radius 1 is 1.07 bits per heavy atom. The van der Waals surface area contributed by atoms with Crippen molar-refractivity contribution in [3.63, 3.8) is 0 Å². The van der Waals surface area contributed by atoms with E-state index in [2.05, 4.69) is 24.1 Å². The number of carbonyl (C=O) groups excluding carboxylic acids is 1.